The number of methoxy groups -OCH3 is 1. The zero-order chi connectivity index (χ0) is 16.0. The zero-order valence-corrected chi connectivity index (χ0v) is 12.2. The van der Waals surface area contributed by atoms with E-state index in [-0.39, 0.29) is 25.4 Å². The molecule has 0 aromatic carbocycles. The maximum Gasteiger partial charge on any atom is 0.401 e. The van der Waals surface area contributed by atoms with Crippen LogP contribution in [0.2, 0.25) is 0 Å². The molecule has 122 valence electrons. The molecule has 0 saturated carbocycles. The first-order chi connectivity index (χ1) is 9.76. The van der Waals surface area contributed by atoms with Crippen LogP contribution < -0.4 is 5.32 Å². The lowest BCUT2D eigenvalue weighted by atomic mass is 9.93. The number of carbonyl (C=O) groups is 2. The fraction of sp³-hybridized carbons (Fsp3) is 0.846. The lowest BCUT2D eigenvalue weighted by Gasteiger charge is -2.37. The molecule has 0 aromatic heterocycles. The van der Waals surface area contributed by atoms with Crippen molar-refractivity contribution >= 4 is 11.9 Å². The lowest BCUT2D eigenvalue weighted by molar-refractivity contribution is -0.150. The number of esters is 1. The van der Waals surface area contributed by atoms with Crippen molar-refractivity contribution < 1.29 is 27.5 Å². The molecule has 8 heteroatoms. The van der Waals surface area contributed by atoms with E-state index >= 15 is 0 Å². The number of ether oxygens (including phenoxy) is 1. The molecule has 1 fully saturated rings. The van der Waals surface area contributed by atoms with Crippen molar-refractivity contribution in [2.24, 2.45) is 5.92 Å². The zero-order valence-electron chi connectivity index (χ0n) is 12.2. The molecule has 1 aliphatic heterocycles. The Morgan fingerprint density at radius 2 is 2.00 bits per heavy atom. The summed E-state index contributed by atoms with van der Waals surface area (Å²) in [5.74, 6) is -1.23. The molecule has 1 saturated heterocycles. The molecule has 0 aliphatic carbocycles. The number of alkyl halides is 3. The summed E-state index contributed by atoms with van der Waals surface area (Å²) in [7, 11) is 1.23. The van der Waals surface area contributed by atoms with Crippen LogP contribution in [-0.4, -0.2) is 55.7 Å². The van der Waals surface area contributed by atoms with Crippen molar-refractivity contribution in [3.8, 4) is 0 Å². The van der Waals surface area contributed by atoms with E-state index in [2.05, 4.69) is 10.1 Å². The average Bonchev–Trinajstić information content (AvgIpc) is 2.43. The van der Waals surface area contributed by atoms with Gasteiger partial charge in [0.1, 0.15) is 0 Å². The number of carbonyl (C=O) groups excluding carboxylic acids is 2. The Kier molecular flexibility index (Phi) is 6.44. The van der Waals surface area contributed by atoms with Gasteiger partial charge in [-0.1, -0.05) is 6.92 Å². The number of nitrogens with one attached hydrogen (secondary N) is 1. The van der Waals surface area contributed by atoms with Crippen molar-refractivity contribution in [1.82, 2.24) is 10.2 Å². The molecule has 2 atom stereocenters. The van der Waals surface area contributed by atoms with Crippen molar-refractivity contribution in [2.45, 2.75) is 38.4 Å². The van der Waals surface area contributed by atoms with Gasteiger partial charge in [0, 0.05) is 25.6 Å². The summed E-state index contributed by atoms with van der Waals surface area (Å²) in [4.78, 5) is 25.0. The van der Waals surface area contributed by atoms with Crippen LogP contribution in [0.3, 0.4) is 0 Å². The number of hydrogen-bond donors (Lipinski definition) is 1. The van der Waals surface area contributed by atoms with Gasteiger partial charge in [-0.3, -0.25) is 9.59 Å². The van der Waals surface area contributed by atoms with Crippen LogP contribution in [0.1, 0.15) is 26.2 Å². The second kappa shape index (κ2) is 7.63. The summed E-state index contributed by atoms with van der Waals surface area (Å²) in [5, 5.41) is 2.37. The van der Waals surface area contributed by atoms with Gasteiger partial charge in [-0.15, -0.1) is 0 Å². The predicted octanol–water partition coefficient (Wildman–Crippen LogP) is 1.33. The van der Waals surface area contributed by atoms with Crippen molar-refractivity contribution in [3.05, 3.63) is 0 Å². The first-order valence-electron chi connectivity index (χ1n) is 6.92. The van der Waals surface area contributed by atoms with E-state index < -0.39 is 30.7 Å². The predicted molar refractivity (Wildman–Crippen MR) is 69.5 cm³/mol. The van der Waals surface area contributed by atoms with Crippen LogP contribution in [0.25, 0.3) is 0 Å². The fourth-order valence-corrected chi connectivity index (χ4v) is 2.42. The number of nitrogens with zero attached hydrogens (tertiary/aromatic N) is 1. The van der Waals surface area contributed by atoms with Crippen LogP contribution >= 0.6 is 0 Å². The molecule has 0 radical (unpaired) electrons. The highest BCUT2D eigenvalue weighted by atomic mass is 19.4. The molecule has 0 bridgehead atoms. The van der Waals surface area contributed by atoms with Crippen LogP contribution in [0.5, 0.6) is 0 Å². The smallest absolute Gasteiger partial charge is 0.401 e. The minimum absolute atomic E-state index is 0.148. The van der Waals surface area contributed by atoms with Gasteiger partial charge in [0.15, 0.2) is 0 Å². The van der Waals surface area contributed by atoms with Gasteiger partial charge in [-0.2, -0.15) is 13.2 Å². The third-order valence-electron chi connectivity index (χ3n) is 3.39. The quantitative estimate of drug-likeness (QED) is 0.778. The second-order valence-electron chi connectivity index (χ2n) is 5.20. The van der Waals surface area contributed by atoms with Gasteiger partial charge < -0.3 is 15.0 Å². The lowest BCUT2D eigenvalue weighted by Crippen LogP contribution is -2.54. The summed E-state index contributed by atoms with van der Waals surface area (Å²) in [6.07, 6.45) is -3.12. The highest BCUT2D eigenvalue weighted by Gasteiger charge is 2.36. The maximum absolute atomic E-state index is 12.3. The van der Waals surface area contributed by atoms with Crippen molar-refractivity contribution in [1.29, 1.82) is 0 Å². The van der Waals surface area contributed by atoms with Gasteiger partial charge in [0.2, 0.25) is 5.91 Å². The van der Waals surface area contributed by atoms with Gasteiger partial charge >= 0.3 is 12.1 Å². The molecular formula is C13H21F3N2O3. The van der Waals surface area contributed by atoms with E-state index in [0.29, 0.717) is 12.8 Å². The summed E-state index contributed by atoms with van der Waals surface area (Å²) in [6.45, 7) is 1.10. The summed E-state index contributed by atoms with van der Waals surface area (Å²) >= 11 is 0. The first kappa shape index (κ1) is 17.7. The number of rotatable bonds is 5. The third-order valence-corrected chi connectivity index (χ3v) is 3.39. The molecule has 1 N–H and O–H groups in total. The highest BCUT2D eigenvalue weighted by Crippen LogP contribution is 2.21. The third kappa shape index (κ3) is 5.91. The van der Waals surface area contributed by atoms with Gasteiger partial charge in [-0.05, 0) is 12.8 Å². The topological polar surface area (TPSA) is 58.6 Å². The summed E-state index contributed by atoms with van der Waals surface area (Å²) in [5.41, 5.74) is 0. The Hall–Kier alpha value is -1.31. The molecule has 5 nitrogen and oxygen atoms in total. The van der Waals surface area contributed by atoms with Gasteiger partial charge in [-0.25, -0.2) is 0 Å². The minimum Gasteiger partial charge on any atom is -0.469 e. The SMILES string of the molecule is CCCC(=O)N1CC(NCC(F)(F)F)CC(C(=O)OC)C1. The summed E-state index contributed by atoms with van der Waals surface area (Å²) < 4.78 is 41.5. The first-order valence-corrected chi connectivity index (χ1v) is 6.92. The van der Waals surface area contributed by atoms with E-state index in [1.165, 1.54) is 12.0 Å². The molecule has 1 aliphatic rings. The maximum atomic E-state index is 12.3. The Morgan fingerprint density at radius 3 is 2.52 bits per heavy atom. The Bertz CT molecular complexity index is 374. The van der Waals surface area contributed by atoms with Crippen molar-refractivity contribution in [2.75, 3.05) is 26.7 Å². The molecule has 21 heavy (non-hydrogen) atoms. The largest absolute Gasteiger partial charge is 0.469 e. The Morgan fingerprint density at radius 1 is 1.33 bits per heavy atom. The van der Waals surface area contributed by atoms with Crippen LogP contribution in [0, 0.1) is 5.92 Å². The molecule has 1 amide bonds. The average molecular weight is 310 g/mol. The van der Waals surface area contributed by atoms with Gasteiger partial charge in [0.05, 0.1) is 19.6 Å². The van der Waals surface area contributed by atoms with E-state index in [9.17, 15) is 22.8 Å². The van der Waals surface area contributed by atoms with Crippen LogP contribution in [0.4, 0.5) is 13.2 Å². The molecule has 0 spiro atoms. The molecule has 1 heterocycles. The van der Waals surface area contributed by atoms with E-state index in [1.54, 1.807) is 0 Å². The second-order valence-corrected chi connectivity index (χ2v) is 5.20. The molecular weight excluding hydrogens is 289 g/mol. The standard InChI is InChI=1S/C13H21F3N2O3/c1-3-4-11(19)18-6-9(12(20)21-2)5-10(7-18)17-8-13(14,15)16/h9-10,17H,3-8H2,1-2H3. The number of halogens is 3. The minimum atomic E-state index is -4.32. The fourth-order valence-electron chi connectivity index (χ4n) is 2.42. The highest BCUT2D eigenvalue weighted by molar-refractivity contribution is 5.78. The van der Waals surface area contributed by atoms with Crippen LogP contribution in [0.15, 0.2) is 0 Å². The normalized spacial score (nSPS) is 23.0. The molecule has 2 unspecified atom stereocenters. The molecule has 0 aromatic rings. The Labute approximate surface area is 121 Å². The summed E-state index contributed by atoms with van der Waals surface area (Å²) in [6, 6.07) is -0.565. The van der Waals surface area contributed by atoms with Crippen molar-refractivity contribution in [3.63, 3.8) is 0 Å². The van der Waals surface area contributed by atoms with E-state index in [1.807, 2.05) is 6.92 Å². The molecule has 1 rings (SSSR count). The Balaban J connectivity index is 2.70. The number of likely N-dealkylation sites (tertiary alicyclic amines) is 1. The number of piperidine rings is 1. The van der Waals surface area contributed by atoms with E-state index in [0.717, 1.165) is 0 Å². The van der Waals surface area contributed by atoms with E-state index in [4.69, 9.17) is 0 Å². The van der Waals surface area contributed by atoms with Crippen LogP contribution in [-0.2, 0) is 14.3 Å². The monoisotopic (exact) mass is 310 g/mol. The van der Waals surface area contributed by atoms with Gasteiger partial charge in [0.25, 0.3) is 0 Å². The number of amides is 1. The number of hydrogen-bond acceptors (Lipinski definition) is 4.